The zero-order valence-corrected chi connectivity index (χ0v) is 15.4. The predicted molar refractivity (Wildman–Crippen MR) is 98.3 cm³/mol. The molecule has 3 rings (SSSR count). The van der Waals surface area contributed by atoms with Crippen molar-refractivity contribution in [2.45, 2.75) is 20.0 Å². The lowest BCUT2D eigenvalue weighted by atomic mass is 10.1. The Labute approximate surface area is 160 Å². The van der Waals surface area contributed by atoms with Crippen molar-refractivity contribution in [1.29, 1.82) is 0 Å². The molecule has 2 heterocycles. The maximum atomic E-state index is 13.2. The number of nitro groups is 1. The predicted octanol–water partition coefficient (Wildman–Crippen LogP) is 4.96. The maximum absolute atomic E-state index is 13.2. The first-order valence-corrected chi connectivity index (χ1v) is 8.62. The molecule has 0 bridgehead atoms. The third-order valence-electron chi connectivity index (χ3n) is 3.74. The molecule has 0 saturated carbocycles. The monoisotopic (exact) mass is 410 g/mol. The van der Waals surface area contributed by atoms with Crippen LogP contribution in [0.2, 0.25) is 0 Å². The van der Waals surface area contributed by atoms with Gasteiger partial charge < -0.3 is 10.6 Å². The van der Waals surface area contributed by atoms with Gasteiger partial charge in [0, 0.05) is 4.88 Å². The van der Waals surface area contributed by atoms with Gasteiger partial charge in [-0.15, -0.1) is 11.3 Å². The smallest absolute Gasteiger partial charge is 0.334 e. The highest BCUT2D eigenvalue weighted by Crippen LogP contribution is 2.39. The van der Waals surface area contributed by atoms with Crippen LogP contribution in [0.15, 0.2) is 30.6 Å². The topological polar surface area (TPSA) is 106 Å². The minimum absolute atomic E-state index is 0.180. The molecule has 1 aromatic carbocycles. The lowest BCUT2D eigenvalue weighted by Gasteiger charge is -2.14. The average Bonchev–Trinajstić information content (AvgIpc) is 2.91. The number of aryl methyl sites for hydroxylation is 2. The number of hydrogen-bond donors (Lipinski definition) is 2. The Morgan fingerprint density at radius 3 is 2.32 bits per heavy atom. The van der Waals surface area contributed by atoms with Crippen molar-refractivity contribution in [2.24, 2.45) is 0 Å². The van der Waals surface area contributed by atoms with Crippen molar-refractivity contribution in [3.63, 3.8) is 0 Å². The zero-order chi connectivity index (χ0) is 20.5. The van der Waals surface area contributed by atoms with E-state index in [2.05, 4.69) is 25.6 Å². The summed E-state index contributed by atoms with van der Waals surface area (Å²) in [6.45, 7) is 3.63. The fourth-order valence-corrected chi connectivity index (χ4v) is 3.14. The molecule has 0 fully saturated rings. The van der Waals surface area contributed by atoms with E-state index in [-0.39, 0.29) is 17.3 Å². The number of halogens is 3. The first-order chi connectivity index (χ1) is 13.2. The second-order valence-corrected chi connectivity index (χ2v) is 6.83. The van der Waals surface area contributed by atoms with E-state index >= 15 is 0 Å². The minimum atomic E-state index is -4.64. The van der Waals surface area contributed by atoms with Gasteiger partial charge in [0.15, 0.2) is 5.13 Å². The van der Waals surface area contributed by atoms with E-state index in [1.165, 1.54) is 23.5 Å². The lowest BCUT2D eigenvalue weighted by molar-refractivity contribution is -0.383. The Bertz CT molecular complexity index is 1020. The molecule has 0 atom stereocenters. The summed E-state index contributed by atoms with van der Waals surface area (Å²) >= 11 is 1.27. The Kier molecular flexibility index (Phi) is 5.14. The normalized spacial score (nSPS) is 11.3. The van der Waals surface area contributed by atoms with Crippen LogP contribution < -0.4 is 10.6 Å². The summed E-state index contributed by atoms with van der Waals surface area (Å²) in [5, 5.41) is 17.1. The zero-order valence-electron chi connectivity index (χ0n) is 14.5. The van der Waals surface area contributed by atoms with Gasteiger partial charge in [-0.05, 0) is 26.0 Å². The Morgan fingerprint density at radius 2 is 1.75 bits per heavy atom. The van der Waals surface area contributed by atoms with Gasteiger partial charge in [-0.25, -0.2) is 15.0 Å². The maximum Gasteiger partial charge on any atom is 0.418 e. The molecule has 0 aliphatic carbocycles. The van der Waals surface area contributed by atoms with Crippen LogP contribution in [0.4, 0.5) is 41.3 Å². The molecular weight excluding hydrogens is 397 g/mol. The molecule has 0 radical (unpaired) electrons. The van der Waals surface area contributed by atoms with Gasteiger partial charge in [-0.1, -0.05) is 12.1 Å². The molecule has 0 aliphatic heterocycles. The molecule has 12 heteroatoms. The van der Waals surface area contributed by atoms with Crippen LogP contribution in [-0.2, 0) is 6.18 Å². The first-order valence-electron chi connectivity index (χ1n) is 7.80. The summed E-state index contributed by atoms with van der Waals surface area (Å²) in [4.78, 5) is 23.6. The molecule has 3 aromatic rings. The van der Waals surface area contributed by atoms with Crippen molar-refractivity contribution in [1.82, 2.24) is 15.0 Å². The molecule has 0 unspecified atom stereocenters. The SMILES string of the molecule is Cc1nc(Nc2ncnc(Nc3ccccc3C(F)(F)F)c2[N+](=O)[O-])sc1C. The standard InChI is InChI=1S/C16H13F3N6O2S/c1-8-9(2)28-15(22-8)24-14-12(25(26)27)13(20-7-21-14)23-11-6-4-3-5-10(11)16(17,18)19/h3-7H,1-2H3,(H2,20,21,22,23,24). The van der Waals surface area contributed by atoms with E-state index in [1.54, 1.807) is 6.92 Å². The second-order valence-electron chi connectivity index (χ2n) is 5.63. The number of hydrogen-bond acceptors (Lipinski definition) is 8. The van der Waals surface area contributed by atoms with E-state index in [9.17, 15) is 23.3 Å². The van der Waals surface area contributed by atoms with Gasteiger partial charge >= 0.3 is 11.9 Å². The summed E-state index contributed by atoms with van der Waals surface area (Å²) in [5.74, 6) is -0.551. The third-order valence-corrected chi connectivity index (χ3v) is 4.73. The number of nitrogens with zero attached hydrogens (tertiary/aromatic N) is 4. The average molecular weight is 410 g/mol. The quantitative estimate of drug-likeness (QED) is 0.452. The highest BCUT2D eigenvalue weighted by molar-refractivity contribution is 7.15. The van der Waals surface area contributed by atoms with Gasteiger partial charge in [0.05, 0.1) is 21.9 Å². The highest BCUT2D eigenvalue weighted by Gasteiger charge is 2.34. The summed E-state index contributed by atoms with van der Waals surface area (Å²) in [5.41, 5.74) is -1.17. The molecule has 0 saturated heterocycles. The van der Waals surface area contributed by atoms with E-state index < -0.39 is 22.4 Å². The fraction of sp³-hybridized carbons (Fsp3) is 0.188. The first kappa shape index (κ1) is 19.5. The van der Waals surface area contributed by atoms with Gasteiger partial charge in [0.25, 0.3) is 0 Å². The molecule has 2 aromatic heterocycles. The summed E-state index contributed by atoms with van der Waals surface area (Å²) in [6, 6.07) is 4.64. The summed E-state index contributed by atoms with van der Waals surface area (Å²) in [7, 11) is 0. The van der Waals surface area contributed by atoms with Crippen LogP contribution in [0, 0.1) is 24.0 Å². The molecular formula is C16H13F3N6O2S. The van der Waals surface area contributed by atoms with Crippen LogP contribution in [0.5, 0.6) is 0 Å². The lowest BCUT2D eigenvalue weighted by Crippen LogP contribution is -2.10. The molecule has 146 valence electrons. The highest BCUT2D eigenvalue weighted by atomic mass is 32.1. The second kappa shape index (κ2) is 7.38. The van der Waals surface area contributed by atoms with Gasteiger partial charge in [0.1, 0.15) is 6.33 Å². The van der Waals surface area contributed by atoms with E-state index in [4.69, 9.17) is 0 Å². The molecule has 2 N–H and O–H groups in total. The molecule has 0 amide bonds. The van der Waals surface area contributed by atoms with Crippen molar-refractivity contribution < 1.29 is 18.1 Å². The number of thiazole rings is 1. The fourth-order valence-electron chi connectivity index (χ4n) is 2.33. The van der Waals surface area contributed by atoms with Crippen molar-refractivity contribution in [3.05, 3.63) is 56.8 Å². The third kappa shape index (κ3) is 4.01. The summed E-state index contributed by atoms with van der Waals surface area (Å²) in [6.07, 6.45) is -3.62. The van der Waals surface area contributed by atoms with Gasteiger partial charge in [0.2, 0.25) is 11.6 Å². The Morgan fingerprint density at radius 1 is 1.11 bits per heavy atom. The number of rotatable bonds is 5. The summed E-state index contributed by atoms with van der Waals surface area (Å²) < 4.78 is 39.6. The van der Waals surface area contributed by atoms with Crippen molar-refractivity contribution >= 4 is 39.5 Å². The Balaban J connectivity index is 2.02. The minimum Gasteiger partial charge on any atom is -0.334 e. The Hall–Kier alpha value is -3.28. The van der Waals surface area contributed by atoms with Crippen LogP contribution in [0.3, 0.4) is 0 Å². The molecule has 0 aliphatic rings. The van der Waals surface area contributed by atoms with E-state index in [0.29, 0.717) is 5.13 Å². The van der Waals surface area contributed by atoms with E-state index in [0.717, 1.165) is 29.0 Å². The number of nitrogens with one attached hydrogen (secondary N) is 2. The largest absolute Gasteiger partial charge is 0.418 e. The van der Waals surface area contributed by atoms with Crippen LogP contribution in [0.1, 0.15) is 16.1 Å². The van der Waals surface area contributed by atoms with Gasteiger partial charge in [-0.3, -0.25) is 10.1 Å². The number of anilines is 4. The van der Waals surface area contributed by atoms with Gasteiger partial charge in [-0.2, -0.15) is 13.2 Å². The number of para-hydroxylation sites is 1. The van der Waals surface area contributed by atoms with Crippen LogP contribution in [0.25, 0.3) is 0 Å². The van der Waals surface area contributed by atoms with E-state index in [1.807, 2.05) is 6.92 Å². The van der Waals surface area contributed by atoms with Crippen LogP contribution >= 0.6 is 11.3 Å². The van der Waals surface area contributed by atoms with Crippen molar-refractivity contribution in [2.75, 3.05) is 10.6 Å². The molecule has 28 heavy (non-hydrogen) atoms. The number of benzene rings is 1. The molecule has 0 spiro atoms. The number of alkyl halides is 3. The number of aromatic nitrogens is 3. The van der Waals surface area contributed by atoms with Crippen molar-refractivity contribution in [3.8, 4) is 0 Å². The van der Waals surface area contributed by atoms with Crippen LogP contribution in [-0.4, -0.2) is 19.9 Å². The molecule has 8 nitrogen and oxygen atoms in total.